The van der Waals surface area contributed by atoms with E-state index in [9.17, 15) is 0 Å². The largest absolute Gasteiger partial charge is 0.195 e. The van der Waals surface area contributed by atoms with Crippen molar-refractivity contribution >= 4 is 39.0 Å². The minimum absolute atomic E-state index is 0.797. The third-order valence-corrected chi connectivity index (χ3v) is 1.96. The molecule has 0 aromatic heterocycles. The second-order valence-electron chi connectivity index (χ2n) is 2.49. The molecule has 0 aliphatic rings. The highest BCUT2D eigenvalue weighted by Crippen LogP contribution is 2.12. The van der Waals surface area contributed by atoms with E-state index in [2.05, 4.69) is 50.1 Å². The van der Waals surface area contributed by atoms with Crippen LogP contribution in [0, 0.1) is 11.8 Å². The average Bonchev–Trinajstić information content (AvgIpc) is 2.19. The number of nitrogens with zero attached hydrogens (tertiary/aromatic N) is 1. The highest BCUT2D eigenvalue weighted by Gasteiger charge is 1.89. The maximum Gasteiger partial charge on any atom is 0.0751 e. The number of alkyl halides is 1. The third kappa shape index (κ3) is 3.85. The number of aliphatic imine (C=N–C) groups is 1. The van der Waals surface area contributed by atoms with Crippen molar-refractivity contribution in [3.05, 3.63) is 29.8 Å². The Hall–Kier alpha value is -0.940. The molecule has 0 radical (unpaired) electrons. The number of halogens is 1. The lowest BCUT2D eigenvalue weighted by Gasteiger charge is -1.91. The predicted molar refractivity (Wildman–Crippen MR) is 66.4 cm³/mol. The number of thiocarbonyl (C=S) groups is 1. The van der Waals surface area contributed by atoms with Gasteiger partial charge in [-0.1, -0.05) is 33.8 Å². The van der Waals surface area contributed by atoms with Crippen LogP contribution in [0.3, 0.4) is 0 Å². The Bertz CT molecular complexity index is 411. The molecule has 0 saturated carbocycles. The number of hydrogen-bond acceptors (Lipinski definition) is 2. The molecule has 0 spiro atoms. The zero-order chi connectivity index (χ0) is 10.2. The molecule has 0 aliphatic heterocycles. The quantitative estimate of drug-likeness (QED) is 0.345. The summed E-state index contributed by atoms with van der Waals surface area (Å²) in [5.74, 6) is 6.08. The molecule has 14 heavy (non-hydrogen) atoms. The van der Waals surface area contributed by atoms with E-state index in [0.717, 1.165) is 23.0 Å². The van der Waals surface area contributed by atoms with Crippen LogP contribution in [0.5, 0.6) is 0 Å². The Morgan fingerprint density at radius 1 is 1.43 bits per heavy atom. The van der Waals surface area contributed by atoms with Crippen LogP contribution in [-0.4, -0.2) is 10.5 Å². The first-order valence-corrected chi connectivity index (χ1v) is 5.62. The summed E-state index contributed by atoms with van der Waals surface area (Å²) in [6.45, 7) is 0. The summed E-state index contributed by atoms with van der Waals surface area (Å²) in [7, 11) is 0. The molecule has 1 aromatic carbocycles. The van der Waals surface area contributed by atoms with Crippen molar-refractivity contribution in [3.63, 3.8) is 0 Å². The fraction of sp³-hybridized carbons (Fsp3) is 0.182. The molecule has 0 heterocycles. The van der Waals surface area contributed by atoms with E-state index < -0.39 is 0 Å². The first-order valence-electron chi connectivity index (χ1n) is 4.09. The average molecular weight is 266 g/mol. The van der Waals surface area contributed by atoms with Gasteiger partial charge in [-0.3, -0.25) is 0 Å². The molecule has 0 amide bonds. The molecule has 70 valence electrons. The van der Waals surface area contributed by atoms with Crippen molar-refractivity contribution in [2.75, 3.05) is 5.33 Å². The molecule has 1 nitrogen and oxygen atoms in total. The Balaban J connectivity index is 2.84. The van der Waals surface area contributed by atoms with Crippen molar-refractivity contribution in [2.45, 2.75) is 6.42 Å². The zero-order valence-electron chi connectivity index (χ0n) is 7.46. The van der Waals surface area contributed by atoms with Crippen LogP contribution in [0.25, 0.3) is 0 Å². The minimum atomic E-state index is 0.797. The monoisotopic (exact) mass is 265 g/mol. The molecule has 0 saturated heterocycles. The van der Waals surface area contributed by atoms with Gasteiger partial charge < -0.3 is 0 Å². The smallest absolute Gasteiger partial charge is 0.0751 e. The topological polar surface area (TPSA) is 12.4 Å². The fourth-order valence-corrected chi connectivity index (χ4v) is 1.22. The first-order chi connectivity index (χ1) is 6.86. The van der Waals surface area contributed by atoms with Crippen molar-refractivity contribution in [1.29, 1.82) is 0 Å². The lowest BCUT2D eigenvalue weighted by molar-refractivity contribution is 1.32. The van der Waals surface area contributed by atoms with Crippen LogP contribution in [0.4, 0.5) is 5.69 Å². The van der Waals surface area contributed by atoms with Crippen LogP contribution in [0.15, 0.2) is 29.3 Å². The van der Waals surface area contributed by atoms with Crippen molar-refractivity contribution in [2.24, 2.45) is 4.99 Å². The van der Waals surface area contributed by atoms with Crippen molar-refractivity contribution in [3.8, 4) is 11.8 Å². The van der Waals surface area contributed by atoms with E-state index in [1.54, 1.807) is 0 Å². The standard InChI is InChI=1S/C11H8BrNS/c12-7-2-1-4-10-5-3-6-11(8-10)13-9-14/h3,5-6,8H,2,7H2. The summed E-state index contributed by atoms with van der Waals surface area (Å²) < 4.78 is 0. The number of rotatable bonds is 2. The zero-order valence-corrected chi connectivity index (χ0v) is 9.86. The van der Waals surface area contributed by atoms with E-state index in [0.29, 0.717) is 0 Å². The van der Waals surface area contributed by atoms with Gasteiger partial charge in [0, 0.05) is 17.3 Å². The Morgan fingerprint density at radius 3 is 3.00 bits per heavy atom. The van der Waals surface area contributed by atoms with Gasteiger partial charge in [-0.25, -0.2) is 0 Å². The summed E-state index contributed by atoms with van der Waals surface area (Å²) >= 11 is 7.84. The van der Waals surface area contributed by atoms with Gasteiger partial charge in [0.1, 0.15) is 0 Å². The van der Waals surface area contributed by atoms with Crippen LogP contribution >= 0.6 is 28.1 Å². The maximum atomic E-state index is 4.52. The molecule has 1 aromatic rings. The Kier molecular flexibility index (Phi) is 5.17. The van der Waals surface area contributed by atoms with Gasteiger partial charge in [0.2, 0.25) is 0 Å². The second kappa shape index (κ2) is 6.50. The van der Waals surface area contributed by atoms with E-state index in [4.69, 9.17) is 0 Å². The van der Waals surface area contributed by atoms with Crippen LogP contribution in [-0.2, 0) is 0 Å². The molecule has 0 bridgehead atoms. The fourth-order valence-electron chi connectivity index (χ4n) is 0.918. The van der Waals surface area contributed by atoms with E-state index >= 15 is 0 Å². The van der Waals surface area contributed by atoms with Crippen LogP contribution in [0.1, 0.15) is 12.0 Å². The number of isothiocyanates is 1. The Labute approximate surface area is 97.4 Å². The Morgan fingerprint density at radius 2 is 2.29 bits per heavy atom. The van der Waals surface area contributed by atoms with Crippen LogP contribution < -0.4 is 0 Å². The normalized spacial score (nSPS) is 8.36. The third-order valence-electron chi connectivity index (χ3n) is 1.47. The lowest BCUT2D eigenvalue weighted by atomic mass is 10.2. The summed E-state index contributed by atoms with van der Waals surface area (Å²) in [6.07, 6.45) is 0.848. The maximum absolute atomic E-state index is 4.52. The SMILES string of the molecule is S=C=Nc1cccc(C#CCCBr)c1. The predicted octanol–water partition coefficient (Wildman–Crippen LogP) is 3.56. The molecule has 3 heteroatoms. The molecule has 0 atom stereocenters. The number of hydrogen-bond donors (Lipinski definition) is 0. The molecular formula is C11H8BrNS. The summed E-state index contributed by atoms with van der Waals surface area (Å²) in [6, 6.07) is 7.61. The molecule has 0 N–H and O–H groups in total. The highest BCUT2D eigenvalue weighted by molar-refractivity contribution is 9.09. The van der Waals surface area contributed by atoms with Gasteiger partial charge in [-0.2, -0.15) is 4.99 Å². The van der Waals surface area contributed by atoms with E-state index in [1.165, 1.54) is 0 Å². The van der Waals surface area contributed by atoms with Gasteiger partial charge in [0.15, 0.2) is 0 Å². The van der Waals surface area contributed by atoms with Crippen LogP contribution in [0.2, 0.25) is 0 Å². The van der Waals surface area contributed by atoms with Crippen molar-refractivity contribution < 1.29 is 0 Å². The molecule has 0 fully saturated rings. The van der Waals surface area contributed by atoms with E-state index in [1.807, 2.05) is 24.3 Å². The molecule has 0 aliphatic carbocycles. The highest BCUT2D eigenvalue weighted by atomic mass is 79.9. The van der Waals surface area contributed by atoms with Gasteiger partial charge in [-0.05, 0) is 30.4 Å². The summed E-state index contributed by atoms with van der Waals surface area (Å²) in [5.41, 5.74) is 1.75. The van der Waals surface area contributed by atoms with Crippen molar-refractivity contribution in [1.82, 2.24) is 0 Å². The van der Waals surface area contributed by atoms with Gasteiger partial charge >= 0.3 is 0 Å². The van der Waals surface area contributed by atoms with Gasteiger partial charge in [-0.15, -0.1) is 0 Å². The molecular weight excluding hydrogens is 258 g/mol. The summed E-state index contributed by atoms with van der Waals surface area (Å²) in [5, 5.41) is 3.23. The number of benzene rings is 1. The molecule has 1 rings (SSSR count). The minimum Gasteiger partial charge on any atom is -0.195 e. The van der Waals surface area contributed by atoms with E-state index in [-0.39, 0.29) is 0 Å². The summed E-state index contributed by atoms with van der Waals surface area (Å²) in [4.78, 5) is 3.88. The first kappa shape index (κ1) is 11.1. The van der Waals surface area contributed by atoms with Gasteiger partial charge in [0.05, 0.1) is 10.8 Å². The second-order valence-corrected chi connectivity index (χ2v) is 3.47. The van der Waals surface area contributed by atoms with Gasteiger partial charge in [0.25, 0.3) is 0 Å². The molecule has 0 unspecified atom stereocenters. The lowest BCUT2D eigenvalue weighted by Crippen LogP contribution is -1.73.